The van der Waals surface area contributed by atoms with Gasteiger partial charge in [-0.15, -0.1) is 0 Å². The van der Waals surface area contributed by atoms with Crippen molar-refractivity contribution in [3.8, 4) is 6.07 Å². The first-order valence-corrected chi connectivity index (χ1v) is 3.81. The molecule has 2 aromatic rings. The number of hydrogen-bond acceptors (Lipinski definition) is 3. The van der Waals surface area contributed by atoms with Crippen LogP contribution in [0.25, 0.3) is 11.0 Å². The SMILES string of the molecule is N#Cc1ccnc2c1ccn2CO. The van der Waals surface area contributed by atoms with Crippen molar-refractivity contribution in [1.82, 2.24) is 9.55 Å². The Bertz CT molecular complexity index is 481. The van der Waals surface area contributed by atoms with Crippen LogP contribution in [0.5, 0.6) is 0 Å². The zero-order valence-electron chi connectivity index (χ0n) is 6.81. The molecule has 0 bridgehead atoms. The average Bonchev–Trinajstić information content (AvgIpc) is 2.60. The molecule has 0 amide bonds. The van der Waals surface area contributed by atoms with E-state index in [0.717, 1.165) is 5.39 Å². The van der Waals surface area contributed by atoms with Crippen molar-refractivity contribution >= 4 is 11.0 Å². The zero-order chi connectivity index (χ0) is 9.26. The summed E-state index contributed by atoms with van der Waals surface area (Å²) in [6.45, 7) is -0.120. The summed E-state index contributed by atoms with van der Waals surface area (Å²) in [6, 6.07) is 5.50. The maximum absolute atomic E-state index is 8.93. The van der Waals surface area contributed by atoms with Crippen LogP contribution in [-0.4, -0.2) is 14.7 Å². The second-order valence-corrected chi connectivity index (χ2v) is 2.63. The predicted molar refractivity (Wildman–Crippen MR) is 46.7 cm³/mol. The molecule has 0 fully saturated rings. The van der Waals surface area contributed by atoms with Crippen LogP contribution in [0.15, 0.2) is 24.5 Å². The summed E-state index contributed by atoms with van der Waals surface area (Å²) in [7, 11) is 0. The third-order valence-corrected chi connectivity index (χ3v) is 1.94. The van der Waals surface area contributed by atoms with Crippen molar-refractivity contribution in [1.29, 1.82) is 5.26 Å². The van der Waals surface area contributed by atoms with Crippen molar-refractivity contribution in [3.05, 3.63) is 30.1 Å². The number of hydrogen-bond donors (Lipinski definition) is 1. The van der Waals surface area contributed by atoms with E-state index in [-0.39, 0.29) is 6.73 Å². The molecule has 1 N–H and O–H groups in total. The highest BCUT2D eigenvalue weighted by molar-refractivity contribution is 5.82. The second kappa shape index (κ2) is 2.88. The molecule has 13 heavy (non-hydrogen) atoms. The van der Waals surface area contributed by atoms with Crippen molar-refractivity contribution in [2.75, 3.05) is 0 Å². The van der Waals surface area contributed by atoms with Gasteiger partial charge < -0.3 is 9.67 Å². The predicted octanol–water partition coefficient (Wildman–Crippen LogP) is 0.858. The Labute approximate surface area is 74.7 Å². The molecule has 0 aliphatic heterocycles. The number of nitriles is 1. The van der Waals surface area contributed by atoms with Gasteiger partial charge in [0.25, 0.3) is 0 Å². The minimum atomic E-state index is -0.120. The molecule has 4 heteroatoms. The third-order valence-electron chi connectivity index (χ3n) is 1.94. The fourth-order valence-electron chi connectivity index (χ4n) is 1.30. The largest absolute Gasteiger partial charge is 0.376 e. The van der Waals surface area contributed by atoms with Gasteiger partial charge in [0, 0.05) is 17.8 Å². The monoisotopic (exact) mass is 173 g/mol. The molecule has 2 rings (SSSR count). The van der Waals surface area contributed by atoms with E-state index in [0.29, 0.717) is 11.2 Å². The number of aliphatic hydroxyl groups is 1. The first-order valence-electron chi connectivity index (χ1n) is 3.81. The molecular formula is C9H7N3O. The molecule has 2 heterocycles. The lowest BCUT2D eigenvalue weighted by Gasteiger charge is -1.97. The van der Waals surface area contributed by atoms with Crippen LogP contribution >= 0.6 is 0 Å². The van der Waals surface area contributed by atoms with E-state index in [1.807, 2.05) is 0 Å². The molecule has 4 nitrogen and oxygen atoms in total. The Hall–Kier alpha value is -1.86. The van der Waals surface area contributed by atoms with Gasteiger partial charge in [-0.25, -0.2) is 4.98 Å². The van der Waals surface area contributed by atoms with E-state index in [2.05, 4.69) is 11.1 Å². The number of aliphatic hydroxyl groups excluding tert-OH is 1. The van der Waals surface area contributed by atoms with E-state index in [4.69, 9.17) is 10.4 Å². The second-order valence-electron chi connectivity index (χ2n) is 2.63. The van der Waals surface area contributed by atoms with Crippen LogP contribution < -0.4 is 0 Å². The lowest BCUT2D eigenvalue weighted by Crippen LogP contribution is -1.95. The normalized spacial score (nSPS) is 10.2. The molecule has 0 atom stereocenters. The van der Waals surface area contributed by atoms with Gasteiger partial charge in [-0.3, -0.25) is 0 Å². The molecule has 2 aromatic heterocycles. The van der Waals surface area contributed by atoms with Crippen LogP contribution in [0.1, 0.15) is 5.56 Å². The lowest BCUT2D eigenvalue weighted by atomic mass is 10.2. The van der Waals surface area contributed by atoms with E-state index >= 15 is 0 Å². The summed E-state index contributed by atoms with van der Waals surface area (Å²) in [6.07, 6.45) is 3.27. The zero-order valence-corrected chi connectivity index (χ0v) is 6.81. The van der Waals surface area contributed by atoms with Crippen LogP contribution in [0.3, 0.4) is 0 Å². The highest BCUT2D eigenvalue weighted by Gasteiger charge is 2.04. The number of rotatable bonds is 1. The first kappa shape index (κ1) is 7.77. The maximum atomic E-state index is 8.93. The van der Waals surface area contributed by atoms with Crippen LogP contribution in [0, 0.1) is 11.3 Å². The molecular weight excluding hydrogens is 166 g/mol. The van der Waals surface area contributed by atoms with Gasteiger partial charge in [-0.2, -0.15) is 5.26 Å². The highest BCUT2D eigenvalue weighted by Crippen LogP contribution is 2.16. The van der Waals surface area contributed by atoms with E-state index in [1.54, 1.807) is 29.1 Å². The van der Waals surface area contributed by atoms with Crippen molar-refractivity contribution in [2.24, 2.45) is 0 Å². The standard InChI is InChI=1S/C9H7N3O/c10-5-7-1-3-11-9-8(7)2-4-12(9)6-13/h1-4,13H,6H2. The maximum Gasteiger partial charge on any atom is 0.143 e. The third kappa shape index (κ3) is 1.06. The van der Waals surface area contributed by atoms with Crippen molar-refractivity contribution in [2.45, 2.75) is 6.73 Å². The lowest BCUT2D eigenvalue weighted by molar-refractivity contribution is 0.215. The molecule has 0 radical (unpaired) electrons. The number of aromatic nitrogens is 2. The van der Waals surface area contributed by atoms with Crippen molar-refractivity contribution < 1.29 is 5.11 Å². The fourth-order valence-corrected chi connectivity index (χ4v) is 1.30. The summed E-state index contributed by atoms with van der Waals surface area (Å²) in [5.41, 5.74) is 1.22. The molecule has 0 unspecified atom stereocenters. The van der Waals surface area contributed by atoms with Crippen LogP contribution in [-0.2, 0) is 6.73 Å². The molecule has 0 saturated carbocycles. The van der Waals surface area contributed by atoms with Gasteiger partial charge in [0.2, 0.25) is 0 Å². The molecule has 64 valence electrons. The first-order chi connectivity index (χ1) is 6.36. The summed E-state index contributed by atoms with van der Waals surface area (Å²) < 4.78 is 1.58. The van der Waals surface area contributed by atoms with Crippen molar-refractivity contribution in [3.63, 3.8) is 0 Å². The fraction of sp³-hybridized carbons (Fsp3) is 0.111. The number of pyridine rings is 1. The molecule has 0 aromatic carbocycles. The topological polar surface area (TPSA) is 61.8 Å². The Morgan fingerprint density at radius 2 is 2.38 bits per heavy atom. The Balaban J connectivity index is 2.81. The molecule has 0 aliphatic rings. The average molecular weight is 173 g/mol. The summed E-state index contributed by atoms with van der Waals surface area (Å²) >= 11 is 0. The highest BCUT2D eigenvalue weighted by atomic mass is 16.3. The van der Waals surface area contributed by atoms with Crippen LogP contribution in [0.2, 0.25) is 0 Å². The van der Waals surface area contributed by atoms with Gasteiger partial charge in [0.1, 0.15) is 12.4 Å². The molecule has 0 saturated heterocycles. The summed E-state index contributed by atoms with van der Waals surface area (Å²) in [4.78, 5) is 4.07. The number of fused-ring (bicyclic) bond motifs is 1. The summed E-state index contributed by atoms with van der Waals surface area (Å²) in [5.74, 6) is 0. The van der Waals surface area contributed by atoms with Gasteiger partial charge in [0.05, 0.1) is 11.6 Å². The molecule has 0 spiro atoms. The number of nitrogens with zero attached hydrogens (tertiary/aromatic N) is 3. The van der Waals surface area contributed by atoms with Crippen LogP contribution in [0.4, 0.5) is 0 Å². The van der Waals surface area contributed by atoms with Gasteiger partial charge >= 0.3 is 0 Å². The quantitative estimate of drug-likeness (QED) is 0.695. The van der Waals surface area contributed by atoms with E-state index in [1.165, 1.54) is 0 Å². The minimum Gasteiger partial charge on any atom is -0.376 e. The Morgan fingerprint density at radius 3 is 3.08 bits per heavy atom. The van der Waals surface area contributed by atoms with Gasteiger partial charge in [-0.1, -0.05) is 0 Å². The van der Waals surface area contributed by atoms with Gasteiger partial charge in [-0.05, 0) is 12.1 Å². The summed E-state index contributed by atoms with van der Waals surface area (Å²) in [5, 5.41) is 18.5. The van der Waals surface area contributed by atoms with Gasteiger partial charge in [0.15, 0.2) is 0 Å². The minimum absolute atomic E-state index is 0.120. The van der Waals surface area contributed by atoms with E-state index in [9.17, 15) is 0 Å². The Kier molecular flexibility index (Phi) is 1.72. The smallest absolute Gasteiger partial charge is 0.143 e. The van der Waals surface area contributed by atoms with E-state index < -0.39 is 0 Å². The molecule has 0 aliphatic carbocycles. The Morgan fingerprint density at radius 1 is 1.54 bits per heavy atom.